The maximum Gasteiger partial charge on any atom is 0.323 e. The van der Waals surface area contributed by atoms with Crippen molar-refractivity contribution in [1.29, 1.82) is 0 Å². The van der Waals surface area contributed by atoms with Crippen LogP contribution in [0.4, 0.5) is 4.39 Å². The van der Waals surface area contributed by atoms with Gasteiger partial charge in [0.15, 0.2) is 11.6 Å². The largest absolute Gasteiger partial charge is 0.494 e. The van der Waals surface area contributed by atoms with Crippen LogP contribution in [-0.2, 0) is 11.2 Å². The third-order valence-corrected chi connectivity index (χ3v) is 2.64. The highest BCUT2D eigenvalue weighted by Gasteiger charge is 2.27. The molecule has 17 heavy (non-hydrogen) atoms. The number of ether oxygens (including phenoxy) is 1. The molecule has 4 nitrogen and oxygen atoms in total. The Morgan fingerprint density at radius 3 is 2.71 bits per heavy atom. The van der Waals surface area contributed by atoms with Crippen LogP contribution in [0.25, 0.3) is 0 Å². The molecule has 0 heterocycles. The molecule has 5 heteroatoms. The number of halogens is 1. The monoisotopic (exact) mass is 241 g/mol. The Morgan fingerprint density at radius 2 is 2.24 bits per heavy atom. The van der Waals surface area contributed by atoms with Crippen molar-refractivity contribution in [2.75, 3.05) is 7.11 Å². The Bertz CT molecular complexity index is 418. The van der Waals surface area contributed by atoms with Crippen molar-refractivity contribution in [1.82, 2.24) is 0 Å². The summed E-state index contributed by atoms with van der Waals surface area (Å²) in [6.07, 6.45) is 0.647. The Morgan fingerprint density at radius 1 is 1.59 bits per heavy atom. The quantitative estimate of drug-likeness (QED) is 0.820. The van der Waals surface area contributed by atoms with Crippen molar-refractivity contribution in [2.24, 2.45) is 5.73 Å². The van der Waals surface area contributed by atoms with Crippen LogP contribution < -0.4 is 10.5 Å². The molecule has 0 saturated heterocycles. The molecule has 1 rings (SSSR count). The molecule has 0 saturated carbocycles. The summed E-state index contributed by atoms with van der Waals surface area (Å²) >= 11 is 0. The molecular weight excluding hydrogens is 225 g/mol. The van der Waals surface area contributed by atoms with E-state index in [-0.39, 0.29) is 12.2 Å². The summed E-state index contributed by atoms with van der Waals surface area (Å²) in [6.45, 7) is 1.44. The number of methoxy groups -OCH3 is 1. The number of aliphatic carboxylic acids is 1. The van der Waals surface area contributed by atoms with E-state index in [9.17, 15) is 9.18 Å². The fraction of sp³-hybridized carbons (Fsp3) is 0.417. The number of hydrogen-bond acceptors (Lipinski definition) is 3. The van der Waals surface area contributed by atoms with Crippen LogP contribution in [0, 0.1) is 5.82 Å². The second-order valence-electron chi connectivity index (χ2n) is 4.19. The highest BCUT2D eigenvalue weighted by molar-refractivity contribution is 5.77. The molecule has 0 spiro atoms. The first kappa shape index (κ1) is 13.4. The number of hydrogen-bond donors (Lipinski definition) is 2. The molecule has 1 aromatic carbocycles. The molecule has 0 aliphatic rings. The smallest absolute Gasteiger partial charge is 0.323 e. The predicted molar refractivity (Wildman–Crippen MR) is 61.5 cm³/mol. The third-order valence-electron chi connectivity index (χ3n) is 2.64. The van der Waals surface area contributed by atoms with Crippen molar-refractivity contribution in [3.05, 3.63) is 29.6 Å². The van der Waals surface area contributed by atoms with Crippen molar-refractivity contribution in [3.63, 3.8) is 0 Å². The average Bonchev–Trinajstić information content (AvgIpc) is 2.26. The van der Waals surface area contributed by atoms with Gasteiger partial charge in [-0.05, 0) is 37.5 Å². The summed E-state index contributed by atoms with van der Waals surface area (Å²) in [6, 6.07) is 4.54. The molecule has 0 amide bonds. The van der Waals surface area contributed by atoms with Crippen molar-refractivity contribution < 1.29 is 19.0 Å². The van der Waals surface area contributed by atoms with Crippen LogP contribution in [0.2, 0.25) is 0 Å². The minimum absolute atomic E-state index is 0.169. The normalized spacial score (nSPS) is 14.1. The lowest BCUT2D eigenvalue weighted by Crippen LogP contribution is -2.45. The average molecular weight is 241 g/mol. The first-order chi connectivity index (χ1) is 7.86. The summed E-state index contributed by atoms with van der Waals surface area (Å²) in [5.41, 5.74) is 4.98. The van der Waals surface area contributed by atoms with E-state index in [0.717, 1.165) is 0 Å². The van der Waals surface area contributed by atoms with Crippen LogP contribution in [0.3, 0.4) is 0 Å². The number of aryl methyl sites for hydroxylation is 1. The van der Waals surface area contributed by atoms with E-state index in [2.05, 4.69) is 0 Å². The topological polar surface area (TPSA) is 72.5 Å². The summed E-state index contributed by atoms with van der Waals surface area (Å²) in [4.78, 5) is 10.8. The van der Waals surface area contributed by atoms with E-state index >= 15 is 0 Å². The minimum Gasteiger partial charge on any atom is -0.494 e. The maximum absolute atomic E-state index is 13.4. The molecule has 0 aromatic heterocycles. The lowest BCUT2D eigenvalue weighted by molar-refractivity contribution is -0.142. The molecule has 1 unspecified atom stereocenters. The standard InChI is InChI=1S/C12H16FNO3/c1-12(14,11(15)16)6-5-8-3-4-10(17-2)9(13)7-8/h3-4,7H,5-6,14H2,1-2H3,(H,15,16). The zero-order valence-corrected chi connectivity index (χ0v) is 9.87. The lowest BCUT2D eigenvalue weighted by Gasteiger charge is -2.18. The summed E-state index contributed by atoms with van der Waals surface area (Å²) in [5, 5.41) is 8.84. The van der Waals surface area contributed by atoms with Gasteiger partial charge in [-0.1, -0.05) is 6.07 Å². The van der Waals surface area contributed by atoms with Gasteiger partial charge in [0.2, 0.25) is 0 Å². The van der Waals surface area contributed by atoms with Crippen molar-refractivity contribution in [3.8, 4) is 5.75 Å². The van der Waals surface area contributed by atoms with Crippen molar-refractivity contribution >= 4 is 5.97 Å². The predicted octanol–water partition coefficient (Wildman–Crippen LogP) is 1.57. The first-order valence-corrected chi connectivity index (χ1v) is 5.21. The summed E-state index contributed by atoms with van der Waals surface area (Å²) in [5.74, 6) is -1.35. The van der Waals surface area contributed by atoms with Gasteiger partial charge in [-0.3, -0.25) is 4.79 Å². The van der Waals surface area contributed by atoms with Gasteiger partial charge >= 0.3 is 5.97 Å². The number of carbonyl (C=O) groups is 1. The number of nitrogens with two attached hydrogens (primary N) is 1. The first-order valence-electron chi connectivity index (χ1n) is 5.21. The van der Waals surface area contributed by atoms with Crippen LogP contribution in [-0.4, -0.2) is 23.7 Å². The van der Waals surface area contributed by atoms with Gasteiger partial charge in [0.05, 0.1) is 7.11 Å². The van der Waals surface area contributed by atoms with E-state index < -0.39 is 17.3 Å². The zero-order chi connectivity index (χ0) is 13.1. The van der Waals surface area contributed by atoms with Gasteiger partial charge in [-0.2, -0.15) is 0 Å². The van der Waals surface area contributed by atoms with Crippen LogP contribution in [0.5, 0.6) is 5.75 Å². The third kappa shape index (κ3) is 3.42. The fourth-order valence-electron chi connectivity index (χ4n) is 1.38. The van der Waals surface area contributed by atoms with Gasteiger partial charge in [-0.15, -0.1) is 0 Å². The number of benzene rings is 1. The highest BCUT2D eigenvalue weighted by Crippen LogP contribution is 2.20. The Kier molecular flexibility index (Phi) is 4.07. The number of carboxylic acids is 1. The highest BCUT2D eigenvalue weighted by atomic mass is 19.1. The molecule has 94 valence electrons. The summed E-state index contributed by atoms with van der Waals surface area (Å²) in [7, 11) is 1.39. The maximum atomic E-state index is 13.4. The second kappa shape index (κ2) is 5.14. The van der Waals surface area contributed by atoms with E-state index in [1.54, 1.807) is 6.07 Å². The van der Waals surface area contributed by atoms with Gasteiger partial charge in [0.25, 0.3) is 0 Å². The Labute approximate surface area is 99.2 Å². The molecule has 0 aliphatic heterocycles. The number of rotatable bonds is 5. The van der Waals surface area contributed by atoms with Crippen LogP contribution in [0.1, 0.15) is 18.9 Å². The molecule has 0 fully saturated rings. The molecule has 0 bridgehead atoms. The Balaban J connectivity index is 2.71. The van der Waals surface area contributed by atoms with Crippen molar-refractivity contribution in [2.45, 2.75) is 25.3 Å². The van der Waals surface area contributed by atoms with Gasteiger partial charge < -0.3 is 15.6 Å². The SMILES string of the molecule is COc1ccc(CCC(C)(N)C(=O)O)cc1F. The van der Waals surface area contributed by atoms with Crippen LogP contribution in [0.15, 0.2) is 18.2 Å². The zero-order valence-electron chi connectivity index (χ0n) is 9.87. The molecule has 0 aliphatic carbocycles. The molecule has 3 N–H and O–H groups in total. The van der Waals surface area contributed by atoms with E-state index in [4.69, 9.17) is 15.6 Å². The van der Waals surface area contributed by atoms with E-state index in [1.807, 2.05) is 0 Å². The van der Waals surface area contributed by atoms with Gasteiger partial charge in [-0.25, -0.2) is 4.39 Å². The Hall–Kier alpha value is -1.62. The van der Waals surface area contributed by atoms with E-state index in [1.165, 1.54) is 26.2 Å². The lowest BCUT2D eigenvalue weighted by atomic mass is 9.94. The molecular formula is C12H16FNO3. The number of carboxylic acid groups (broad SMARTS) is 1. The van der Waals surface area contributed by atoms with Gasteiger partial charge in [0, 0.05) is 0 Å². The van der Waals surface area contributed by atoms with Crippen LogP contribution >= 0.6 is 0 Å². The van der Waals surface area contributed by atoms with Gasteiger partial charge in [0.1, 0.15) is 5.54 Å². The second-order valence-corrected chi connectivity index (χ2v) is 4.19. The molecule has 1 aromatic rings. The fourth-order valence-corrected chi connectivity index (χ4v) is 1.38. The summed E-state index contributed by atoms with van der Waals surface area (Å²) < 4.78 is 18.1. The van der Waals surface area contributed by atoms with E-state index in [0.29, 0.717) is 12.0 Å². The minimum atomic E-state index is -1.30. The molecule has 1 atom stereocenters. The molecule has 0 radical (unpaired) electrons.